The zero-order chi connectivity index (χ0) is 25.1. The van der Waals surface area contributed by atoms with E-state index in [2.05, 4.69) is 5.32 Å². The van der Waals surface area contributed by atoms with Gasteiger partial charge < -0.3 is 19.2 Å². The number of hydrogen-bond donors (Lipinski definition) is 1. The van der Waals surface area contributed by atoms with Gasteiger partial charge in [0, 0.05) is 34.2 Å². The summed E-state index contributed by atoms with van der Waals surface area (Å²) in [4.78, 5) is 12.6. The van der Waals surface area contributed by atoms with Crippen LogP contribution < -0.4 is 14.8 Å². The van der Waals surface area contributed by atoms with Crippen LogP contribution in [0.2, 0.25) is 0 Å². The monoisotopic (exact) mass is 477 g/mol. The maximum Gasteiger partial charge on any atom is 0.248 e. The normalized spacial score (nSPS) is 11.5. The number of amides is 1. The van der Waals surface area contributed by atoms with Crippen LogP contribution in [0.3, 0.4) is 0 Å². The molecule has 0 fully saturated rings. The van der Waals surface area contributed by atoms with Gasteiger partial charge in [0.15, 0.2) is 0 Å². The molecule has 0 aliphatic rings. The van der Waals surface area contributed by atoms with Crippen LogP contribution >= 0.6 is 0 Å². The van der Waals surface area contributed by atoms with Crippen LogP contribution in [0.15, 0.2) is 65.3 Å². The van der Waals surface area contributed by atoms with Crippen LogP contribution in [0.5, 0.6) is 11.5 Å². The molecule has 1 heterocycles. The molecule has 1 aromatic heterocycles. The molecular formula is C28H25F2NO4. The van der Waals surface area contributed by atoms with E-state index in [-0.39, 0.29) is 5.69 Å². The van der Waals surface area contributed by atoms with Crippen molar-refractivity contribution < 1.29 is 27.5 Å². The second-order valence-corrected chi connectivity index (χ2v) is 8.01. The molecule has 0 bridgehead atoms. The van der Waals surface area contributed by atoms with Gasteiger partial charge in [0.1, 0.15) is 28.7 Å². The number of fused-ring (bicyclic) bond motifs is 1. The average Bonchev–Trinajstić information content (AvgIpc) is 3.26. The van der Waals surface area contributed by atoms with E-state index in [1.807, 2.05) is 44.2 Å². The summed E-state index contributed by atoms with van der Waals surface area (Å²) in [6.07, 6.45) is 3.04. The largest absolute Gasteiger partial charge is 0.496 e. The molecule has 0 saturated heterocycles. The Labute approximate surface area is 202 Å². The molecule has 5 nitrogen and oxygen atoms in total. The third-order valence-corrected chi connectivity index (χ3v) is 5.69. The number of anilines is 1. The highest BCUT2D eigenvalue weighted by molar-refractivity contribution is 6.06. The van der Waals surface area contributed by atoms with Gasteiger partial charge in [0.2, 0.25) is 5.91 Å². The highest BCUT2D eigenvalue weighted by Crippen LogP contribution is 2.40. The molecular weight excluding hydrogens is 452 g/mol. The van der Waals surface area contributed by atoms with E-state index in [1.54, 1.807) is 20.3 Å². The van der Waals surface area contributed by atoms with Crippen LogP contribution in [-0.2, 0) is 4.79 Å². The van der Waals surface area contributed by atoms with Crippen molar-refractivity contribution in [3.05, 3.63) is 83.6 Å². The van der Waals surface area contributed by atoms with Gasteiger partial charge >= 0.3 is 0 Å². The van der Waals surface area contributed by atoms with E-state index in [0.717, 1.165) is 33.9 Å². The summed E-state index contributed by atoms with van der Waals surface area (Å²) in [6, 6.07) is 12.6. The zero-order valence-electron chi connectivity index (χ0n) is 19.9. The van der Waals surface area contributed by atoms with Crippen molar-refractivity contribution in [3.63, 3.8) is 0 Å². The van der Waals surface area contributed by atoms with Crippen LogP contribution in [0.25, 0.3) is 27.7 Å². The molecule has 180 valence electrons. The molecule has 35 heavy (non-hydrogen) atoms. The summed E-state index contributed by atoms with van der Waals surface area (Å²) in [6.45, 7) is 6.17. The van der Waals surface area contributed by atoms with Gasteiger partial charge in [-0.2, -0.15) is 0 Å². The number of allylic oxidation sites excluding steroid dienone is 1. The van der Waals surface area contributed by atoms with E-state index in [4.69, 9.17) is 13.9 Å². The molecule has 0 radical (unpaired) electrons. The average molecular weight is 478 g/mol. The minimum atomic E-state index is -0.849. The zero-order valence-corrected chi connectivity index (χ0v) is 19.9. The summed E-state index contributed by atoms with van der Waals surface area (Å²) in [5, 5.41) is 3.31. The fourth-order valence-electron chi connectivity index (χ4n) is 4.03. The lowest BCUT2D eigenvalue weighted by Gasteiger charge is -2.13. The quantitative estimate of drug-likeness (QED) is 0.288. The lowest BCUT2D eigenvalue weighted by molar-refractivity contribution is -0.111. The Bertz CT molecular complexity index is 1420. The predicted octanol–water partition coefficient (Wildman–Crippen LogP) is 7.14. The number of nitrogens with one attached hydrogen (secondary N) is 1. The number of carbonyl (C=O) groups is 1. The highest BCUT2D eigenvalue weighted by Gasteiger charge is 2.19. The Kier molecular flexibility index (Phi) is 6.87. The summed E-state index contributed by atoms with van der Waals surface area (Å²) < 4.78 is 44.2. The number of carbonyl (C=O) groups excluding carboxylic acids is 1. The van der Waals surface area contributed by atoms with E-state index in [1.165, 1.54) is 12.1 Å². The summed E-state index contributed by atoms with van der Waals surface area (Å²) in [7, 11) is 1.55. The summed E-state index contributed by atoms with van der Waals surface area (Å²) in [5.41, 5.74) is 4.50. The molecule has 0 atom stereocenters. The molecule has 7 heteroatoms. The van der Waals surface area contributed by atoms with Crippen molar-refractivity contribution in [1.29, 1.82) is 0 Å². The minimum Gasteiger partial charge on any atom is -0.496 e. The Morgan fingerprint density at radius 1 is 1.11 bits per heavy atom. The molecule has 4 rings (SSSR count). The first-order valence-electron chi connectivity index (χ1n) is 11.1. The van der Waals surface area contributed by atoms with Crippen LogP contribution in [0.4, 0.5) is 14.5 Å². The Balaban J connectivity index is 1.73. The number of aryl methyl sites for hydroxylation is 1. The van der Waals surface area contributed by atoms with E-state index >= 15 is 0 Å². The fraction of sp³-hybridized carbons (Fsp3) is 0.179. The van der Waals surface area contributed by atoms with Crippen LogP contribution in [0, 0.1) is 18.6 Å². The van der Waals surface area contributed by atoms with E-state index < -0.39 is 17.5 Å². The van der Waals surface area contributed by atoms with Gasteiger partial charge in [-0.05, 0) is 62.2 Å². The third-order valence-electron chi connectivity index (χ3n) is 5.69. The second kappa shape index (κ2) is 10.0. The number of ether oxygens (including phenoxy) is 2. The number of benzene rings is 3. The van der Waals surface area contributed by atoms with Gasteiger partial charge in [-0.1, -0.05) is 12.1 Å². The number of furan rings is 1. The lowest BCUT2D eigenvalue weighted by atomic mass is 9.96. The third kappa shape index (κ3) is 4.89. The minimum absolute atomic E-state index is 0.105. The van der Waals surface area contributed by atoms with Gasteiger partial charge in [0.25, 0.3) is 0 Å². The van der Waals surface area contributed by atoms with Gasteiger partial charge in [-0.3, -0.25) is 4.79 Å². The van der Waals surface area contributed by atoms with Gasteiger partial charge in [0.05, 0.1) is 25.7 Å². The first kappa shape index (κ1) is 24.0. The molecule has 0 aliphatic heterocycles. The molecule has 1 amide bonds. The van der Waals surface area contributed by atoms with Crippen molar-refractivity contribution >= 4 is 28.1 Å². The number of rotatable bonds is 7. The standard InChI is InChI=1S/C28H25F2NO4/c1-5-34-20-9-6-18(7-10-20)23-15-35-28-17(3)27(33-4)21(14-22(23)28)16(2)12-26(32)31-25-11-8-19(29)13-24(25)30/h6-15H,5H2,1-4H3,(H,31,32)/b16-12+. The molecule has 0 saturated carbocycles. The topological polar surface area (TPSA) is 60.7 Å². The molecule has 0 unspecified atom stereocenters. The predicted molar refractivity (Wildman–Crippen MR) is 133 cm³/mol. The van der Waals surface area contributed by atoms with Crippen LogP contribution in [-0.4, -0.2) is 19.6 Å². The molecule has 4 aromatic rings. The molecule has 3 aromatic carbocycles. The highest BCUT2D eigenvalue weighted by atomic mass is 19.1. The van der Waals surface area contributed by atoms with Crippen molar-refractivity contribution in [2.45, 2.75) is 20.8 Å². The van der Waals surface area contributed by atoms with Gasteiger partial charge in [-0.25, -0.2) is 8.78 Å². The first-order valence-corrected chi connectivity index (χ1v) is 11.1. The number of hydrogen-bond acceptors (Lipinski definition) is 4. The Hall–Kier alpha value is -4.13. The maximum absolute atomic E-state index is 13.9. The van der Waals surface area contributed by atoms with Crippen LogP contribution in [0.1, 0.15) is 25.0 Å². The van der Waals surface area contributed by atoms with Gasteiger partial charge in [-0.15, -0.1) is 0 Å². The summed E-state index contributed by atoms with van der Waals surface area (Å²) in [5.74, 6) is -0.766. The van der Waals surface area contributed by atoms with Crippen molar-refractivity contribution in [1.82, 2.24) is 0 Å². The van der Waals surface area contributed by atoms with Crippen molar-refractivity contribution in [2.24, 2.45) is 0 Å². The van der Waals surface area contributed by atoms with Crippen molar-refractivity contribution in [3.8, 4) is 22.6 Å². The molecule has 0 spiro atoms. The Morgan fingerprint density at radius 2 is 1.86 bits per heavy atom. The number of methoxy groups -OCH3 is 1. The lowest BCUT2D eigenvalue weighted by Crippen LogP contribution is -2.10. The van der Waals surface area contributed by atoms with E-state index in [0.29, 0.717) is 35.1 Å². The second-order valence-electron chi connectivity index (χ2n) is 8.01. The fourth-order valence-corrected chi connectivity index (χ4v) is 4.03. The Morgan fingerprint density at radius 3 is 2.51 bits per heavy atom. The number of halogens is 2. The SMILES string of the molecule is CCOc1ccc(-c2coc3c(C)c(OC)c(/C(C)=C/C(=O)Nc4ccc(F)cc4F)cc23)cc1. The molecule has 0 aliphatic carbocycles. The molecule has 1 N–H and O–H groups in total. The first-order chi connectivity index (χ1) is 16.8. The summed E-state index contributed by atoms with van der Waals surface area (Å²) >= 11 is 0. The maximum atomic E-state index is 13.9. The smallest absolute Gasteiger partial charge is 0.248 e. The van der Waals surface area contributed by atoms with E-state index in [9.17, 15) is 13.6 Å². The van der Waals surface area contributed by atoms with Crippen molar-refractivity contribution in [2.75, 3.05) is 19.0 Å².